The van der Waals surface area contributed by atoms with Crippen LogP contribution in [0.15, 0.2) is 84.9 Å². The molecule has 2 heterocycles. The normalized spacial score (nSPS) is 12.4. The molecular formula is C24H15N3O4. The molecule has 1 N–H and O–H groups in total. The van der Waals surface area contributed by atoms with Crippen LogP contribution in [-0.2, 0) is 4.74 Å². The second kappa shape index (κ2) is 7.38. The average Bonchev–Trinajstić information content (AvgIpc) is 3.35. The van der Waals surface area contributed by atoms with Gasteiger partial charge in [-0.3, -0.25) is 4.79 Å². The van der Waals surface area contributed by atoms with Crippen molar-refractivity contribution >= 4 is 23.7 Å². The summed E-state index contributed by atoms with van der Waals surface area (Å²) in [5.74, 6) is -1.43. The molecule has 1 aliphatic rings. The van der Waals surface area contributed by atoms with Crippen LogP contribution in [0.25, 0.3) is 16.9 Å². The Hall–Kier alpha value is -4.52. The van der Waals surface area contributed by atoms with Gasteiger partial charge in [0, 0.05) is 17.2 Å². The van der Waals surface area contributed by atoms with E-state index in [9.17, 15) is 14.4 Å². The maximum Gasteiger partial charge on any atom is 0.346 e. The number of carbonyl (C=O) groups is 3. The molecular weight excluding hydrogens is 394 g/mol. The van der Waals surface area contributed by atoms with Crippen molar-refractivity contribution in [2.24, 2.45) is 0 Å². The van der Waals surface area contributed by atoms with Crippen LogP contribution in [0.2, 0.25) is 0 Å². The zero-order chi connectivity index (χ0) is 21.4. The van der Waals surface area contributed by atoms with E-state index in [0.717, 1.165) is 11.3 Å². The van der Waals surface area contributed by atoms with E-state index < -0.39 is 17.8 Å². The van der Waals surface area contributed by atoms with Crippen molar-refractivity contribution in [1.82, 2.24) is 9.78 Å². The zero-order valence-electron chi connectivity index (χ0n) is 16.1. The monoisotopic (exact) mass is 409 g/mol. The molecule has 5 rings (SSSR count). The van der Waals surface area contributed by atoms with Gasteiger partial charge in [0.15, 0.2) is 0 Å². The fraction of sp³-hybridized carbons (Fsp3) is 0. The van der Waals surface area contributed by atoms with Gasteiger partial charge in [-0.1, -0.05) is 48.5 Å². The van der Waals surface area contributed by atoms with Crippen LogP contribution >= 0.6 is 0 Å². The van der Waals surface area contributed by atoms with Crippen LogP contribution in [0.3, 0.4) is 0 Å². The highest BCUT2D eigenvalue weighted by Crippen LogP contribution is 2.26. The fourth-order valence-electron chi connectivity index (χ4n) is 3.40. The van der Waals surface area contributed by atoms with Crippen LogP contribution < -0.4 is 5.32 Å². The lowest BCUT2D eigenvalue weighted by Gasteiger charge is -2.09. The van der Waals surface area contributed by atoms with Gasteiger partial charge in [-0.25, -0.2) is 14.3 Å². The van der Waals surface area contributed by atoms with Crippen molar-refractivity contribution < 1.29 is 19.1 Å². The molecule has 4 aromatic rings. The first-order valence-electron chi connectivity index (χ1n) is 9.53. The molecule has 150 valence electrons. The number of hydrogen-bond donors (Lipinski definition) is 1. The van der Waals surface area contributed by atoms with Gasteiger partial charge in [0.25, 0.3) is 5.91 Å². The summed E-state index contributed by atoms with van der Waals surface area (Å²) in [7, 11) is 0. The molecule has 0 fully saturated rings. The summed E-state index contributed by atoms with van der Waals surface area (Å²) >= 11 is 0. The molecule has 31 heavy (non-hydrogen) atoms. The van der Waals surface area contributed by atoms with E-state index in [-0.39, 0.29) is 16.7 Å². The Morgan fingerprint density at radius 1 is 0.806 bits per heavy atom. The quantitative estimate of drug-likeness (QED) is 0.405. The lowest BCUT2D eigenvalue weighted by molar-refractivity contribution is 0.0443. The van der Waals surface area contributed by atoms with Gasteiger partial charge in [-0.15, -0.1) is 0 Å². The molecule has 7 heteroatoms. The number of cyclic esters (lactones) is 2. The number of ether oxygens (including phenoxy) is 1. The number of esters is 2. The van der Waals surface area contributed by atoms with Crippen molar-refractivity contribution in [3.05, 3.63) is 102 Å². The molecule has 3 aromatic carbocycles. The lowest BCUT2D eigenvalue weighted by Crippen LogP contribution is -2.15. The number of nitrogens with one attached hydrogen (secondary N) is 1. The highest BCUT2D eigenvalue weighted by atomic mass is 16.6. The highest BCUT2D eigenvalue weighted by Gasteiger charge is 2.30. The van der Waals surface area contributed by atoms with Crippen LogP contribution in [0.5, 0.6) is 0 Å². The van der Waals surface area contributed by atoms with Crippen molar-refractivity contribution in [3.63, 3.8) is 0 Å². The number of fused-ring (bicyclic) bond motifs is 1. The molecule has 0 unspecified atom stereocenters. The van der Waals surface area contributed by atoms with Crippen molar-refractivity contribution in [2.45, 2.75) is 0 Å². The van der Waals surface area contributed by atoms with E-state index >= 15 is 0 Å². The molecule has 1 amide bonds. The first-order valence-corrected chi connectivity index (χ1v) is 9.53. The molecule has 1 aliphatic heterocycles. The van der Waals surface area contributed by atoms with Gasteiger partial charge >= 0.3 is 11.9 Å². The predicted octanol–water partition coefficient (Wildman–Crippen LogP) is 4.10. The van der Waals surface area contributed by atoms with Gasteiger partial charge in [0.05, 0.1) is 22.5 Å². The summed E-state index contributed by atoms with van der Waals surface area (Å²) in [6, 6.07) is 25.1. The topological polar surface area (TPSA) is 90.3 Å². The molecule has 1 aromatic heterocycles. The predicted molar refractivity (Wildman–Crippen MR) is 113 cm³/mol. The molecule has 0 saturated heterocycles. The number of para-hydroxylation sites is 1. The van der Waals surface area contributed by atoms with Crippen molar-refractivity contribution in [3.8, 4) is 16.9 Å². The number of rotatable bonds is 4. The molecule has 0 aliphatic carbocycles. The number of benzene rings is 3. The average molecular weight is 409 g/mol. The Morgan fingerprint density at radius 2 is 1.48 bits per heavy atom. The second-order valence-electron chi connectivity index (χ2n) is 6.92. The number of amides is 1. The van der Waals surface area contributed by atoms with Gasteiger partial charge in [0.2, 0.25) is 0 Å². The molecule has 0 bridgehead atoms. The largest absolute Gasteiger partial charge is 0.386 e. The van der Waals surface area contributed by atoms with E-state index in [0.29, 0.717) is 11.5 Å². The van der Waals surface area contributed by atoms with Crippen molar-refractivity contribution in [1.29, 1.82) is 0 Å². The van der Waals surface area contributed by atoms with E-state index in [4.69, 9.17) is 0 Å². The Labute approximate surface area is 176 Å². The molecule has 7 nitrogen and oxygen atoms in total. The summed E-state index contributed by atoms with van der Waals surface area (Å²) < 4.78 is 6.23. The number of hydrogen-bond acceptors (Lipinski definition) is 5. The number of carbonyl (C=O) groups excluding carboxylic acids is 3. The maximum absolute atomic E-state index is 12.9. The van der Waals surface area contributed by atoms with Crippen LogP contribution in [0.4, 0.5) is 5.82 Å². The van der Waals surface area contributed by atoms with E-state index in [1.165, 1.54) is 18.2 Å². The Balaban J connectivity index is 1.52. The summed E-state index contributed by atoms with van der Waals surface area (Å²) in [4.78, 5) is 36.4. The molecule has 0 spiro atoms. The van der Waals surface area contributed by atoms with Gasteiger partial charge in [0.1, 0.15) is 5.82 Å². The summed E-state index contributed by atoms with van der Waals surface area (Å²) in [5.41, 5.74) is 2.85. The van der Waals surface area contributed by atoms with Crippen LogP contribution in [-0.4, -0.2) is 27.6 Å². The van der Waals surface area contributed by atoms with Gasteiger partial charge in [-0.05, 0) is 30.3 Å². The lowest BCUT2D eigenvalue weighted by atomic mass is 10.1. The minimum Gasteiger partial charge on any atom is -0.386 e. The highest BCUT2D eigenvalue weighted by molar-refractivity contribution is 6.16. The Kier molecular flexibility index (Phi) is 4.41. The Morgan fingerprint density at radius 3 is 2.23 bits per heavy atom. The van der Waals surface area contributed by atoms with Crippen molar-refractivity contribution in [2.75, 3.05) is 5.32 Å². The van der Waals surface area contributed by atoms with Crippen LogP contribution in [0, 0.1) is 0 Å². The zero-order valence-corrected chi connectivity index (χ0v) is 16.1. The number of anilines is 1. The third kappa shape index (κ3) is 3.38. The number of aromatic nitrogens is 2. The van der Waals surface area contributed by atoms with Crippen LogP contribution in [0.1, 0.15) is 31.1 Å². The van der Waals surface area contributed by atoms with Gasteiger partial charge < -0.3 is 10.1 Å². The van der Waals surface area contributed by atoms with E-state index in [1.54, 1.807) is 10.7 Å². The number of nitrogens with zero attached hydrogens (tertiary/aromatic N) is 2. The molecule has 0 atom stereocenters. The minimum atomic E-state index is -0.754. The summed E-state index contributed by atoms with van der Waals surface area (Å²) in [6.45, 7) is 0. The standard InChI is InChI=1S/C24H15N3O4/c28-22(16-11-12-18-19(13-16)24(30)31-23(18)29)25-21-14-20(15-7-3-1-4-8-15)26-27(21)17-9-5-2-6-10-17/h1-14H,(H,25,28). The third-order valence-electron chi connectivity index (χ3n) is 4.93. The molecule has 0 saturated carbocycles. The fourth-order valence-corrected chi connectivity index (χ4v) is 3.40. The second-order valence-corrected chi connectivity index (χ2v) is 6.92. The first kappa shape index (κ1) is 18.5. The summed E-state index contributed by atoms with van der Waals surface area (Å²) in [5, 5.41) is 7.52. The smallest absolute Gasteiger partial charge is 0.346 e. The molecule has 0 radical (unpaired) electrons. The van der Waals surface area contributed by atoms with Gasteiger partial charge in [-0.2, -0.15) is 5.10 Å². The minimum absolute atomic E-state index is 0.0826. The SMILES string of the molecule is O=C(Nc1cc(-c2ccccc2)nn1-c1ccccc1)c1ccc2c(c1)C(=O)OC2=O. The summed E-state index contributed by atoms with van der Waals surface area (Å²) in [6.07, 6.45) is 0. The third-order valence-corrected chi connectivity index (χ3v) is 4.93. The van der Waals surface area contributed by atoms with E-state index in [1.807, 2.05) is 60.7 Å². The Bertz CT molecular complexity index is 1330. The van der Waals surface area contributed by atoms with E-state index in [2.05, 4.69) is 15.2 Å². The maximum atomic E-state index is 12.9. The first-order chi connectivity index (χ1) is 15.1.